The van der Waals surface area contributed by atoms with Gasteiger partial charge in [-0.1, -0.05) is 24.3 Å². The fraction of sp³-hybridized carbons (Fsp3) is 0.267. The van der Waals surface area contributed by atoms with E-state index < -0.39 is 17.7 Å². The van der Waals surface area contributed by atoms with Gasteiger partial charge in [0.15, 0.2) is 0 Å². The Morgan fingerprint density at radius 2 is 1.61 bits per heavy atom. The number of Topliss-reactive ketones (excluding diaryl/α,β-unsaturated/α-hetero) is 1. The SMILES string of the molecule is CCOc1ccc(/C(O)=C2\C(=O)C(=O)N(c3cccc(C)c3)C2c2ccc(N(CC)CC)cc2)cc1. The number of carbonyl (C=O) groups excluding carboxylic acids is 2. The summed E-state index contributed by atoms with van der Waals surface area (Å²) in [5, 5.41) is 11.3. The lowest BCUT2D eigenvalue weighted by Gasteiger charge is -2.27. The van der Waals surface area contributed by atoms with Crippen LogP contribution in [0.4, 0.5) is 11.4 Å². The van der Waals surface area contributed by atoms with Crippen molar-refractivity contribution < 1.29 is 19.4 Å². The second kappa shape index (κ2) is 10.7. The molecule has 1 aliphatic heterocycles. The molecule has 1 saturated heterocycles. The fourth-order valence-corrected chi connectivity index (χ4v) is 4.68. The van der Waals surface area contributed by atoms with Gasteiger partial charge in [-0.3, -0.25) is 14.5 Å². The van der Waals surface area contributed by atoms with Gasteiger partial charge in [0, 0.05) is 30.0 Å². The third-order valence-electron chi connectivity index (χ3n) is 6.50. The smallest absolute Gasteiger partial charge is 0.300 e. The van der Waals surface area contributed by atoms with Gasteiger partial charge >= 0.3 is 0 Å². The molecular formula is C30H32N2O4. The van der Waals surface area contributed by atoms with Crippen LogP contribution in [0.15, 0.2) is 78.4 Å². The predicted octanol–water partition coefficient (Wildman–Crippen LogP) is 5.87. The molecule has 0 bridgehead atoms. The van der Waals surface area contributed by atoms with Crippen molar-refractivity contribution in [3.8, 4) is 5.75 Å². The molecule has 4 rings (SSSR count). The molecule has 1 unspecified atom stereocenters. The van der Waals surface area contributed by atoms with E-state index in [0.29, 0.717) is 23.6 Å². The van der Waals surface area contributed by atoms with Crippen LogP contribution in [-0.2, 0) is 9.59 Å². The molecule has 186 valence electrons. The molecule has 1 fully saturated rings. The molecule has 0 spiro atoms. The number of aryl methyl sites for hydroxylation is 1. The van der Waals surface area contributed by atoms with Crippen molar-refractivity contribution in [2.45, 2.75) is 33.7 Å². The molecule has 0 saturated carbocycles. The van der Waals surface area contributed by atoms with Gasteiger partial charge in [0.25, 0.3) is 11.7 Å². The summed E-state index contributed by atoms with van der Waals surface area (Å²) in [5.74, 6) is -0.909. The first-order chi connectivity index (χ1) is 17.4. The number of anilines is 2. The van der Waals surface area contributed by atoms with Gasteiger partial charge in [-0.15, -0.1) is 0 Å². The van der Waals surface area contributed by atoms with Crippen LogP contribution in [0.5, 0.6) is 5.75 Å². The molecule has 6 heteroatoms. The standard InChI is InChI=1S/C30H32N2O4/c1-5-31(6-2)23-15-11-21(12-16-23)27-26(28(33)22-13-17-25(18-14-22)36-7-3)29(34)30(35)32(27)24-10-8-9-20(4)19-24/h8-19,27,33H,5-7H2,1-4H3/b28-26+. The van der Waals surface area contributed by atoms with Crippen LogP contribution in [-0.4, -0.2) is 36.5 Å². The normalized spacial score (nSPS) is 16.9. The van der Waals surface area contributed by atoms with E-state index in [1.807, 2.05) is 62.4 Å². The largest absolute Gasteiger partial charge is 0.507 e. The minimum Gasteiger partial charge on any atom is -0.507 e. The highest BCUT2D eigenvalue weighted by atomic mass is 16.5. The van der Waals surface area contributed by atoms with Crippen molar-refractivity contribution in [2.75, 3.05) is 29.5 Å². The Balaban J connectivity index is 1.86. The van der Waals surface area contributed by atoms with Crippen LogP contribution < -0.4 is 14.5 Å². The zero-order valence-electron chi connectivity index (χ0n) is 21.2. The second-order valence-corrected chi connectivity index (χ2v) is 8.73. The summed E-state index contributed by atoms with van der Waals surface area (Å²) in [6.07, 6.45) is 0. The van der Waals surface area contributed by atoms with Gasteiger partial charge in [0.2, 0.25) is 0 Å². The molecule has 6 nitrogen and oxygen atoms in total. The van der Waals surface area contributed by atoms with Crippen LogP contribution in [0, 0.1) is 6.92 Å². The Bertz CT molecular complexity index is 1280. The van der Waals surface area contributed by atoms with E-state index >= 15 is 0 Å². The summed E-state index contributed by atoms with van der Waals surface area (Å²) in [6.45, 7) is 10.3. The number of amides is 1. The van der Waals surface area contributed by atoms with E-state index in [4.69, 9.17) is 4.74 Å². The highest BCUT2D eigenvalue weighted by molar-refractivity contribution is 6.51. The zero-order valence-corrected chi connectivity index (χ0v) is 21.2. The molecule has 1 atom stereocenters. The monoisotopic (exact) mass is 484 g/mol. The summed E-state index contributed by atoms with van der Waals surface area (Å²) in [5.41, 5.74) is 3.91. The van der Waals surface area contributed by atoms with Crippen LogP contribution in [0.25, 0.3) is 5.76 Å². The number of benzene rings is 3. The number of ketones is 1. The maximum atomic E-state index is 13.4. The number of aliphatic hydroxyl groups excluding tert-OH is 1. The van der Waals surface area contributed by atoms with E-state index in [9.17, 15) is 14.7 Å². The molecule has 1 N–H and O–H groups in total. The molecule has 0 radical (unpaired) electrons. The maximum Gasteiger partial charge on any atom is 0.300 e. The zero-order chi connectivity index (χ0) is 25.8. The summed E-state index contributed by atoms with van der Waals surface area (Å²) in [7, 11) is 0. The average Bonchev–Trinajstić information content (AvgIpc) is 3.15. The lowest BCUT2D eigenvalue weighted by Crippen LogP contribution is -2.29. The predicted molar refractivity (Wildman–Crippen MR) is 144 cm³/mol. The first kappa shape index (κ1) is 25.0. The summed E-state index contributed by atoms with van der Waals surface area (Å²) in [6, 6.07) is 21.4. The van der Waals surface area contributed by atoms with Gasteiger partial charge in [0.1, 0.15) is 11.5 Å². The van der Waals surface area contributed by atoms with Crippen molar-refractivity contribution in [2.24, 2.45) is 0 Å². The minimum absolute atomic E-state index is 0.0706. The molecule has 1 aliphatic rings. The summed E-state index contributed by atoms with van der Waals surface area (Å²) >= 11 is 0. The van der Waals surface area contributed by atoms with E-state index in [0.717, 1.165) is 29.9 Å². The summed E-state index contributed by atoms with van der Waals surface area (Å²) in [4.78, 5) is 30.4. The Hall–Kier alpha value is -4.06. The number of hydrogen-bond donors (Lipinski definition) is 1. The van der Waals surface area contributed by atoms with Gasteiger partial charge < -0.3 is 14.7 Å². The van der Waals surface area contributed by atoms with Gasteiger partial charge in [-0.2, -0.15) is 0 Å². The summed E-state index contributed by atoms with van der Waals surface area (Å²) < 4.78 is 5.50. The first-order valence-corrected chi connectivity index (χ1v) is 12.3. The third-order valence-corrected chi connectivity index (χ3v) is 6.50. The molecule has 0 aliphatic carbocycles. The first-order valence-electron chi connectivity index (χ1n) is 12.3. The molecule has 36 heavy (non-hydrogen) atoms. The molecule has 3 aromatic carbocycles. The lowest BCUT2D eigenvalue weighted by molar-refractivity contribution is -0.132. The highest BCUT2D eigenvalue weighted by Gasteiger charge is 2.47. The third kappa shape index (κ3) is 4.71. The maximum absolute atomic E-state index is 13.4. The number of rotatable bonds is 8. The van der Waals surface area contributed by atoms with Crippen LogP contribution in [0.2, 0.25) is 0 Å². The van der Waals surface area contributed by atoms with Crippen molar-refractivity contribution in [3.63, 3.8) is 0 Å². The Labute approximate surface area is 212 Å². The van der Waals surface area contributed by atoms with E-state index in [2.05, 4.69) is 18.7 Å². The van der Waals surface area contributed by atoms with Gasteiger partial charge in [-0.25, -0.2) is 0 Å². The molecule has 3 aromatic rings. The van der Waals surface area contributed by atoms with E-state index in [1.165, 1.54) is 4.90 Å². The highest BCUT2D eigenvalue weighted by Crippen LogP contribution is 2.42. The lowest BCUT2D eigenvalue weighted by atomic mass is 9.94. The van der Waals surface area contributed by atoms with Crippen molar-refractivity contribution >= 4 is 28.8 Å². The van der Waals surface area contributed by atoms with E-state index in [1.54, 1.807) is 24.3 Å². The number of carbonyl (C=O) groups is 2. The second-order valence-electron chi connectivity index (χ2n) is 8.73. The van der Waals surface area contributed by atoms with Crippen LogP contribution in [0.3, 0.4) is 0 Å². The Morgan fingerprint density at radius 1 is 0.944 bits per heavy atom. The van der Waals surface area contributed by atoms with Gasteiger partial charge in [-0.05, 0) is 87.4 Å². The number of hydrogen-bond acceptors (Lipinski definition) is 5. The average molecular weight is 485 g/mol. The Morgan fingerprint density at radius 3 is 2.19 bits per heavy atom. The number of nitrogens with zero attached hydrogens (tertiary/aromatic N) is 2. The quantitative estimate of drug-likeness (QED) is 0.246. The van der Waals surface area contributed by atoms with Crippen molar-refractivity contribution in [1.82, 2.24) is 0 Å². The topological polar surface area (TPSA) is 70.1 Å². The molecule has 0 aromatic heterocycles. The van der Waals surface area contributed by atoms with E-state index in [-0.39, 0.29) is 11.3 Å². The fourth-order valence-electron chi connectivity index (χ4n) is 4.68. The number of aliphatic hydroxyl groups is 1. The van der Waals surface area contributed by atoms with Crippen molar-refractivity contribution in [3.05, 3.63) is 95.1 Å². The molecule has 1 heterocycles. The van der Waals surface area contributed by atoms with Gasteiger partial charge in [0.05, 0.1) is 18.2 Å². The van der Waals surface area contributed by atoms with Crippen LogP contribution >= 0.6 is 0 Å². The van der Waals surface area contributed by atoms with Crippen molar-refractivity contribution in [1.29, 1.82) is 0 Å². The number of ether oxygens (including phenoxy) is 1. The Kier molecular flexibility index (Phi) is 7.44. The molecule has 1 amide bonds. The minimum atomic E-state index is -0.760. The molecular weight excluding hydrogens is 452 g/mol. The van der Waals surface area contributed by atoms with Crippen LogP contribution in [0.1, 0.15) is 43.5 Å².